The van der Waals surface area contributed by atoms with Crippen molar-refractivity contribution in [2.45, 2.75) is 6.54 Å². The Morgan fingerprint density at radius 2 is 1.90 bits per heavy atom. The van der Waals surface area contributed by atoms with Crippen LogP contribution in [0.3, 0.4) is 0 Å². The Morgan fingerprint density at radius 3 is 2.55 bits per heavy atom. The minimum absolute atomic E-state index is 0.121. The van der Waals surface area contributed by atoms with Gasteiger partial charge in [0.2, 0.25) is 5.91 Å². The first-order chi connectivity index (χ1) is 9.65. The van der Waals surface area contributed by atoms with Gasteiger partial charge in [-0.1, -0.05) is 17.7 Å². The SMILES string of the molecule is O=C(Cn1ccc2ccc(Cl)cc21)N(CCO)CCO. The Morgan fingerprint density at radius 1 is 1.20 bits per heavy atom. The highest BCUT2D eigenvalue weighted by Gasteiger charge is 2.14. The standard InChI is InChI=1S/C14H17ClN2O3/c15-12-2-1-11-3-4-17(13(11)9-12)10-14(20)16(5-7-18)6-8-19/h1-4,9,18-19H,5-8,10H2. The van der Waals surface area contributed by atoms with E-state index in [-0.39, 0.29) is 38.8 Å². The lowest BCUT2D eigenvalue weighted by Gasteiger charge is -2.21. The molecule has 108 valence electrons. The van der Waals surface area contributed by atoms with Crippen molar-refractivity contribution in [1.29, 1.82) is 0 Å². The lowest BCUT2D eigenvalue weighted by atomic mass is 10.2. The van der Waals surface area contributed by atoms with Gasteiger partial charge in [-0.05, 0) is 23.6 Å². The van der Waals surface area contributed by atoms with Crippen molar-refractivity contribution < 1.29 is 15.0 Å². The van der Waals surface area contributed by atoms with Gasteiger partial charge in [-0.3, -0.25) is 4.79 Å². The quantitative estimate of drug-likeness (QED) is 0.839. The normalized spacial score (nSPS) is 10.9. The molecule has 0 bridgehead atoms. The average Bonchev–Trinajstić information content (AvgIpc) is 2.81. The number of aliphatic hydroxyl groups is 2. The van der Waals surface area contributed by atoms with E-state index in [1.807, 2.05) is 29.0 Å². The monoisotopic (exact) mass is 296 g/mol. The summed E-state index contributed by atoms with van der Waals surface area (Å²) in [7, 11) is 0. The summed E-state index contributed by atoms with van der Waals surface area (Å²) in [6.07, 6.45) is 1.83. The van der Waals surface area contributed by atoms with Gasteiger partial charge in [0, 0.05) is 29.8 Å². The molecule has 0 spiro atoms. The fraction of sp³-hybridized carbons (Fsp3) is 0.357. The summed E-state index contributed by atoms with van der Waals surface area (Å²) in [6.45, 7) is 0.358. The summed E-state index contributed by atoms with van der Waals surface area (Å²) in [5.41, 5.74) is 0.888. The molecule has 0 saturated heterocycles. The van der Waals surface area contributed by atoms with Crippen LogP contribution in [-0.4, -0.2) is 51.9 Å². The molecule has 2 N–H and O–H groups in total. The predicted octanol–water partition coefficient (Wildman–Crippen LogP) is 1.11. The van der Waals surface area contributed by atoms with Crippen LogP contribution < -0.4 is 0 Å². The number of aliphatic hydroxyl groups excluding tert-OH is 2. The van der Waals surface area contributed by atoms with Crippen molar-refractivity contribution in [1.82, 2.24) is 9.47 Å². The Bertz CT molecular complexity index is 591. The van der Waals surface area contributed by atoms with Crippen LogP contribution in [-0.2, 0) is 11.3 Å². The smallest absolute Gasteiger partial charge is 0.242 e. The minimum atomic E-state index is -0.148. The van der Waals surface area contributed by atoms with E-state index in [1.165, 1.54) is 4.90 Å². The molecule has 2 rings (SSSR count). The predicted molar refractivity (Wildman–Crippen MR) is 77.7 cm³/mol. The number of fused-ring (bicyclic) bond motifs is 1. The van der Waals surface area contributed by atoms with Crippen molar-refractivity contribution in [2.75, 3.05) is 26.3 Å². The number of carbonyl (C=O) groups is 1. The summed E-state index contributed by atoms with van der Waals surface area (Å²) >= 11 is 5.97. The molecule has 0 atom stereocenters. The van der Waals surface area contributed by atoms with Gasteiger partial charge in [0.1, 0.15) is 6.54 Å². The van der Waals surface area contributed by atoms with E-state index in [4.69, 9.17) is 21.8 Å². The van der Waals surface area contributed by atoms with Crippen LogP contribution in [0.5, 0.6) is 0 Å². The Kier molecular flexibility index (Phi) is 5.00. The molecular formula is C14H17ClN2O3. The number of halogens is 1. The van der Waals surface area contributed by atoms with Crippen molar-refractivity contribution in [3.05, 3.63) is 35.5 Å². The average molecular weight is 297 g/mol. The Labute approximate surface area is 122 Å². The molecule has 0 radical (unpaired) electrons. The number of carbonyl (C=O) groups excluding carboxylic acids is 1. The third kappa shape index (κ3) is 3.30. The number of hydrogen-bond acceptors (Lipinski definition) is 3. The van der Waals surface area contributed by atoms with E-state index < -0.39 is 0 Å². The molecule has 1 amide bonds. The number of hydrogen-bond donors (Lipinski definition) is 2. The van der Waals surface area contributed by atoms with E-state index in [9.17, 15) is 4.79 Å². The first kappa shape index (κ1) is 14.8. The maximum absolute atomic E-state index is 12.2. The zero-order valence-corrected chi connectivity index (χ0v) is 11.8. The highest BCUT2D eigenvalue weighted by atomic mass is 35.5. The third-order valence-electron chi connectivity index (χ3n) is 3.13. The maximum Gasteiger partial charge on any atom is 0.242 e. The maximum atomic E-state index is 12.2. The highest BCUT2D eigenvalue weighted by molar-refractivity contribution is 6.31. The summed E-state index contributed by atoms with van der Waals surface area (Å²) in [6, 6.07) is 7.44. The molecule has 0 aliphatic carbocycles. The molecule has 20 heavy (non-hydrogen) atoms. The zero-order valence-electron chi connectivity index (χ0n) is 11.0. The second-order valence-electron chi connectivity index (χ2n) is 4.47. The van der Waals surface area contributed by atoms with Gasteiger partial charge in [-0.2, -0.15) is 0 Å². The zero-order chi connectivity index (χ0) is 14.5. The first-order valence-electron chi connectivity index (χ1n) is 6.39. The molecule has 1 aromatic heterocycles. The fourth-order valence-electron chi connectivity index (χ4n) is 2.14. The molecule has 0 unspecified atom stereocenters. The topological polar surface area (TPSA) is 65.7 Å². The van der Waals surface area contributed by atoms with Gasteiger partial charge >= 0.3 is 0 Å². The fourth-order valence-corrected chi connectivity index (χ4v) is 2.31. The molecule has 1 aromatic carbocycles. The number of nitrogens with zero attached hydrogens (tertiary/aromatic N) is 2. The first-order valence-corrected chi connectivity index (χ1v) is 6.77. The number of benzene rings is 1. The van der Waals surface area contributed by atoms with Crippen molar-refractivity contribution >= 4 is 28.4 Å². The van der Waals surface area contributed by atoms with Gasteiger partial charge in [0.15, 0.2) is 0 Å². The van der Waals surface area contributed by atoms with E-state index >= 15 is 0 Å². The van der Waals surface area contributed by atoms with Crippen LogP contribution in [0.15, 0.2) is 30.5 Å². The summed E-state index contributed by atoms with van der Waals surface area (Å²) in [4.78, 5) is 13.6. The molecule has 5 nitrogen and oxygen atoms in total. The molecule has 0 aliphatic rings. The van der Waals surface area contributed by atoms with Crippen LogP contribution in [0.2, 0.25) is 5.02 Å². The summed E-state index contributed by atoms with van der Waals surface area (Å²) < 4.78 is 1.81. The number of aromatic nitrogens is 1. The van der Waals surface area contributed by atoms with Gasteiger partial charge in [-0.25, -0.2) is 0 Å². The molecule has 0 fully saturated rings. The van der Waals surface area contributed by atoms with E-state index in [0.29, 0.717) is 5.02 Å². The lowest BCUT2D eigenvalue weighted by molar-refractivity contribution is -0.132. The van der Waals surface area contributed by atoms with Crippen LogP contribution in [0.4, 0.5) is 0 Å². The van der Waals surface area contributed by atoms with Crippen LogP contribution >= 0.6 is 11.6 Å². The second-order valence-corrected chi connectivity index (χ2v) is 4.91. The molecule has 6 heteroatoms. The summed E-state index contributed by atoms with van der Waals surface area (Å²) in [5.74, 6) is -0.148. The molecule has 0 saturated carbocycles. The van der Waals surface area contributed by atoms with E-state index in [2.05, 4.69) is 0 Å². The van der Waals surface area contributed by atoms with Crippen molar-refractivity contribution in [3.8, 4) is 0 Å². The van der Waals surface area contributed by atoms with Gasteiger partial charge in [0.25, 0.3) is 0 Å². The van der Waals surface area contributed by atoms with Gasteiger partial charge < -0.3 is 19.7 Å². The number of amides is 1. The van der Waals surface area contributed by atoms with Crippen LogP contribution in [0.1, 0.15) is 0 Å². The van der Waals surface area contributed by atoms with Crippen LogP contribution in [0.25, 0.3) is 10.9 Å². The van der Waals surface area contributed by atoms with Gasteiger partial charge in [-0.15, -0.1) is 0 Å². The van der Waals surface area contributed by atoms with Crippen LogP contribution in [0, 0.1) is 0 Å². The molecule has 0 aliphatic heterocycles. The van der Waals surface area contributed by atoms with Crippen molar-refractivity contribution in [2.24, 2.45) is 0 Å². The van der Waals surface area contributed by atoms with E-state index in [0.717, 1.165) is 10.9 Å². The second kappa shape index (κ2) is 6.74. The molecule has 2 aromatic rings. The summed E-state index contributed by atoms with van der Waals surface area (Å²) in [5, 5.41) is 19.5. The lowest BCUT2D eigenvalue weighted by Crippen LogP contribution is -2.37. The Balaban J connectivity index is 2.18. The van der Waals surface area contributed by atoms with E-state index in [1.54, 1.807) is 6.07 Å². The third-order valence-corrected chi connectivity index (χ3v) is 3.37. The number of rotatable bonds is 6. The molecule has 1 heterocycles. The molecular weight excluding hydrogens is 280 g/mol. The Hall–Kier alpha value is -1.56. The largest absolute Gasteiger partial charge is 0.395 e. The van der Waals surface area contributed by atoms with Gasteiger partial charge in [0.05, 0.1) is 13.2 Å². The van der Waals surface area contributed by atoms with Crippen molar-refractivity contribution in [3.63, 3.8) is 0 Å². The highest BCUT2D eigenvalue weighted by Crippen LogP contribution is 2.20. The minimum Gasteiger partial charge on any atom is -0.395 e.